The number of halogens is 3. The van der Waals surface area contributed by atoms with Gasteiger partial charge in [0, 0.05) is 5.39 Å². The number of aromatic nitrogens is 3. The fourth-order valence-electron chi connectivity index (χ4n) is 3.15. The number of thiophene rings is 1. The number of hydrogen-bond donors (Lipinski definition) is 2. The fourth-order valence-corrected chi connectivity index (χ4v) is 6.97. The van der Waals surface area contributed by atoms with Crippen LogP contribution in [0.3, 0.4) is 0 Å². The van der Waals surface area contributed by atoms with Gasteiger partial charge in [-0.3, -0.25) is 4.79 Å². The van der Waals surface area contributed by atoms with Crippen LogP contribution in [0, 0.1) is 20.8 Å². The summed E-state index contributed by atoms with van der Waals surface area (Å²) in [6, 6.07) is -0.363. The molecule has 1 unspecified atom stereocenters. The number of hydrogen-bond acceptors (Lipinski definition) is 9. The molecular weight excluding hydrogens is 473 g/mol. The van der Waals surface area contributed by atoms with Gasteiger partial charge in [-0.1, -0.05) is 11.3 Å². The average Bonchev–Trinajstić information content (AvgIpc) is 3.21. The summed E-state index contributed by atoms with van der Waals surface area (Å²) in [6.45, 7) is 5.39. The van der Waals surface area contributed by atoms with Gasteiger partial charge in [-0.05, 0) is 26.3 Å². The third-order valence-electron chi connectivity index (χ3n) is 4.89. The van der Waals surface area contributed by atoms with E-state index in [1.807, 2.05) is 6.92 Å². The zero-order valence-electron chi connectivity index (χ0n) is 16.5. The van der Waals surface area contributed by atoms with Crippen LogP contribution >= 0.6 is 22.7 Å². The Morgan fingerprint density at radius 1 is 1.26 bits per heavy atom. The van der Waals surface area contributed by atoms with E-state index in [0.29, 0.717) is 20.8 Å². The molecule has 0 aromatic carbocycles. The molecule has 1 amide bonds. The van der Waals surface area contributed by atoms with Crippen LogP contribution in [0.1, 0.15) is 31.6 Å². The van der Waals surface area contributed by atoms with Gasteiger partial charge in [0.15, 0.2) is 0 Å². The van der Waals surface area contributed by atoms with E-state index in [9.17, 15) is 22.5 Å². The number of carbonyl (C=O) groups excluding carboxylic acids is 1. The van der Waals surface area contributed by atoms with Crippen LogP contribution in [0.5, 0.6) is 0 Å². The van der Waals surface area contributed by atoms with Crippen LogP contribution in [-0.4, -0.2) is 49.1 Å². The SMILES string of the molecule is Cc1nc(C(F)(F)F)c([S+]([O-])N2CC(NC(=O)c3sc4nnc(C)c(C)c4c3N)C2)s1. The number of amides is 1. The standard InChI is InChI=1S/C17H17F3N6O2S3/c1-6-7(2)24-25-15-10(6)11(21)12(30-15)14(27)23-9-4-26(5-9)31(28)16-13(17(18,19)20)22-8(3)29-16/h9H,4-5,21H2,1-3H3,(H,23,27). The van der Waals surface area contributed by atoms with Gasteiger partial charge in [0.2, 0.25) is 5.69 Å². The van der Waals surface area contributed by atoms with Gasteiger partial charge < -0.3 is 15.6 Å². The maximum atomic E-state index is 13.1. The first-order valence-electron chi connectivity index (χ1n) is 9.01. The summed E-state index contributed by atoms with van der Waals surface area (Å²) >= 11 is -0.119. The van der Waals surface area contributed by atoms with Crippen molar-refractivity contribution in [1.82, 2.24) is 24.8 Å². The van der Waals surface area contributed by atoms with Gasteiger partial charge in [0.05, 0.1) is 46.9 Å². The molecule has 1 saturated heterocycles. The number of carbonyl (C=O) groups is 1. The molecule has 0 saturated carbocycles. The van der Waals surface area contributed by atoms with Crippen molar-refractivity contribution in [3.8, 4) is 0 Å². The minimum Gasteiger partial charge on any atom is -0.592 e. The first-order chi connectivity index (χ1) is 14.5. The van der Waals surface area contributed by atoms with Crippen LogP contribution in [-0.2, 0) is 17.5 Å². The predicted octanol–water partition coefficient (Wildman–Crippen LogP) is 2.81. The third-order valence-corrected chi connectivity index (χ3v) is 8.70. The molecule has 14 heteroatoms. The zero-order chi connectivity index (χ0) is 22.7. The monoisotopic (exact) mass is 490 g/mol. The Kier molecular flexibility index (Phi) is 5.62. The van der Waals surface area contributed by atoms with Gasteiger partial charge in [-0.25, -0.2) is 4.98 Å². The fraction of sp³-hybridized carbons (Fsp3) is 0.412. The molecular formula is C17H17F3N6O2S3. The molecule has 31 heavy (non-hydrogen) atoms. The molecule has 0 aliphatic carbocycles. The lowest BCUT2D eigenvalue weighted by Crippen LogP contribution is -2.60. The van der Waals surface area contributed by atoms with Crippen molar-refractivity contribution in [3.63, 3.8) is 0 Å². The zero-order valence-corrected chi connectivity index (χ0v) is 19.0. The Morgan fingerprint density at radius 3 is 2.58 bits per heavy atom. The lowest BCUT2D eigenvalue weighted by molar-refractivity contribution is -0.143. The summed E-state index contributed by atoms with van der Waals surface area (Å²) < 4.78 is 53.1. The summed E-state index contributed by atoms with van der Waals surface area (Å²) in [4.78, 5) is 17.0. The molecule has 1 atom stereocenters. The first kappa shape index (κ1) is 22.2. The maximum Gasteiger partial charge on any atom is 0.439 e. The maximum absolute atomic E-state index is 13.1. The molecule has 4 rings (SSSR count). The Labute approximate surface area is 186 Å². The Balaban J connectivity index is 1.44. The van der Waals surface area contributed by atoms with Crippen molar-refractivity contribution in [2.45, 2.75) is 37.2 Å². The number of thiazole rings is 1. The van der Waals surface area contributed by atoms with Gasteiger partial charge in [0.25, 0.3) is 10.1 Å². The van der Waals surface area contributed by atoms with Crippen molar-refractivity contribution in [2.75, 3.05) is 18.8 Å². The van der Waals surface area contributed by atoms with Crippen LogP contribution < -0.4 is 11.1 Å². The molecule has 0 spiro atoms. The largest absolute Gasteiger partial charge is 0.592 e. The third kappa shape index (κ3) is 3.98. The summed E-state index contributed by atoms with van der Waals surface area (Å²) in [7, 11) is 0. The summed E-state index contributed by atoms with van der Waals surface area (Å²) in [6.07, 6.45) is -4.67. The number of nitrogens with two attached hydrogens (primary N) is 1. The molecule has 3 N–H and O–H groups in total. The Morgan fingerprint density at radius 2 is 1.94 bits per heavy atom. The summed E-state index contributed by atoms with van der Waals surface area (Å²) in [5.41, 5.74) is 6.94. The van der Waals surface area contributed by atoms with E-state index in [1.54, 1.807) is 6.92 Å². The second-order valence-corrected chi connectivity index (χ2v) is 11.0. The number of anilines is 1. The smallest absolute Gasteiger partial charge is 0.439 e. The van der Waals surface area contributed by atoms with Gasteiger partial charge >= 0.3 is 6.18 Å². The highest BCUT2D eigenvalue weighted by molar-refractivity contribution is 7.91. The van der Waals surface area contributed by atoms with Crippen LogP contribution in [0.25, 0.3) is 10.2 Å². The highest BCUT2D eigenvalue weighted by Gasteiger charge is 2.46. The van der Waals surface area contributed by atoms with E-state index in [1.165, 1.54) is 11.2 Å². The van der Waals surface area contributed by atoms with E-state index in [2.05, 4.69) is 20.5 Å². The van der Waals surface area contributed by atoms with Gasteiger partial charge in [0.1, 0.15) is 9.71 Å². The molecule has 1 aliphatic heterocycles. The summed E-state index contributed by atoms with van der Waals surface area (Å²) in [5, 5.41) is 11.8. The number of fused-ring (bicyclic) bond motifs is 1. The lowest BCUT2D eigenvalue weighted by Gasteiger charge is -2.37. The summed E-state index contributed by atoms with van der Waals surface area (Å²) in [5.74, 6) is -0.405. The topological polar surface area (TPSA) is 120 Å². The number of aryl methyl sites for hydroxylation is 3. The number of nitrogens with one attached hydrogen (secondary N) is 1. The second kappa shape index (κ2) is 7.85. The number of nitrogens with zero attached hydrogens (tertiary/aromatic N) is 4. The lowest BCUT2D eigenvalue weighted by atomic mass is 10.1. The number of nitrogen functional groups attached to an aromatic ring is 1. The predicted molar refractivity (Wildman–Crippen MR) is 112 cm³/mol. The molecule has 0 bridgehead atoms. The number of alkyl halides is 3. The van der Waals surface area contributed by atoms with Gasteiger partial charge in [-0.15, -0.1) is 20.7 Å². The molecule has 4 heterocycles. The first-order valence-corrected chi connectivity index (χ1v) is 11.8. The highest BCUT2D eigenvalue weighted by atomic mass is 32.2. The van der Waals surface area contributed by atoms with E-state index in [-0.39, 0.29) is 28.3 Å². The Bertz CT molecular complexity index is 1170. The normalized spacial score (nSPS) is 16.5. The number of rotatable bonds is 4. The Hall–Kier alpha value is -2.00. The highest BCUT2D eigenvalue weighted by Crippen LogP contribution is 2.39. The minimum atomic E-state index is -4.67. The van der Waals surface area contributed by atoms with Gasteiger partial charge in [-0.2, -0.15) is 18.3 Å². The molecule has 3 aromatic heterocycles. The molecule has 1 aliphatic rings. The molecule has 1 fully saturated rings. The van der Waals surface area contributed by atoms with Crippen LogP contribution in [0.15, 0.2) is 4.21 Å². The second-order valence-electron chi connectivity index (χ2n) is 7.07. The van der Waals surface area contributed by atoms with E-state index < -0.39 is 29.1 Å². The van der Waals surface area contributed by atoms with E-state index in [4.69, 9.17) is 5.73 Å². The minimum absolute atomic E-state index is 0.148. The average molecular weight is 491 g/mol. The van der Waals surface area contributed by atoms with Crippen molar-refractivity contribution in [1.29, 1.82) is 0 Å². The van der Waals surface area contributed by atoms with Crippen molar-refractivity contribution in [3.05, 3.63) is 26.8 Å². The van der Waals surface area contributed by atoms with Crippen molar-refractivity contribution < 1.29 is 22.5 Å². The van der Waals surface area contributed by atoms with Crippen molar-refractivity contribution in [2.24, 2.45) is 0 Å². The molecule has 166 valence electrons. The molecule has 8 nitrogen and oxygen atoms in total. The van der Waals surface area contributed by atoms with E-state index in [0.717, 1.165) is 33.9 Å². The van der Waals surface area contributed by atoms with Crippen molar-refractivity contribution >= 4 is 55.8 Å². The molecule has 0 radical (unpaired) electrons. The van der Waals surface area contributed by atoms with Crippen LogP contribution in [0.4, 0.5) is 18.9 Å². The van der Waals surface area contributed by atoms with Crippen LogP contribution in [0.2, 0.25) is 0 Å². The quantitative estimate of drug-likeness (QED) is 0.540. The molecule has 3 aromatic rings. The van der Waals surface area contributed by atoms with E-state index >= 15 is 0 Å².